The van der Waals surface area contributed by atoms with Crippen molar-refractivity contribution in [2.24, 2.45) is 10.4 Å². The van der Waals surface area contributed by atoms with Crippen LogP contribution in [0.2, 0.25) is 0 Å². The van der Waals surface area contributed by atoms with Crippen LogP contribution in [-0.4, -0.2) is 68.9 Å². The molecule has 7 nitrogen and oxygen atoms in total. The van der Waals surface area contributed by atoms with E-state index < -0.39 is 10.0 Å². The van der Waals surface area contributed by atoms with Gasteiger partial charge in [0.05, 0.1) is 11.9 Å². The lowest BCUT2D eigenvalue weighted by molar-refractivity contribution is -0.168. The molecule has 1 heterocycles. The summed E-state index contributed by atoms with van der Waals surface area (Å²) < 4.78 is 31.6. The zero-order valence-electron chi connectivity index (χ0n) is 17.4. The Bertz CT molecular complexity index is 631. The number of nitrogens with zero attached hydrogens (tertiary/aromatic N) is 2. The van der Waals surface area contributed by atoms with Crippen LogP contribution in [0.25, 0.3) is 0 Å². The molecular formula is C19H37IN4O3S. The first kappa shape index (κ1) is 24.1. The number of nitrogens with one attached hydrogen (secondary N) is 2. The van der Waals surface area contributed by atoms with E-state index >= 15 is 0 Å². The number of piperidine rings is 1. The van der Waals surface area contributed by atoms with Crippen molar-refractivity contribution in [1.29, 1.82) is 0 Å². The third-order valence-electron chi connectivity index (χ3n) is 6.62. The first-order valence-corrected chi connectivity index (χ1v) is 12.2. The smallest absolute Gasteiger partial charge is 0.213 e. The first-order valence-electron chi connectivity index (χ1n) is 10.6. The largest absolute Gasteiger partial charge is 0.378 e. The van der Waals surface area contributed by atoms with Gasteiger partial charge in [0.2, 0.25) is 10.0 Å². The molecule has 1 aliphatic heterocycles. The van der Waals surface area contributed by atoms with E-state index in [1.807, 2.05) is 6.92 Å². The molecule has 1 saturated heterocycles. The van der Waals surface area contributed by atoms with Gasteiger partial charge in [0.25, 0.3) is 0 Å². The standard InChI is InChI=1S/C19H36N4O3S.HI/c1-4-20-18(21-15-8-12-23(13-9-15)27(24,25)6-3)22-16-14-17(26-5-2)19(16)10-7-11-19;/h15-17H,4-14H2,1-3H3,(H2,20,21,22);1H. The monoisotopic (exact) mass is 528 g/mol. The maximum absolute atomic E-state index is 12.0. The molecule has 28 heavy (non-hydrogen) atoms. The molecule has 2 unspecified atom stereocenters. The maximum atomic E-state index is 12.0. The van der Waals surface area contributed by atoms with Gasteiger partial charge in [0, 0.05) is 43.7 Å². The van der Waals surface area contributed by atoms with Gasteiger partial charge >= 0.3 is 0 Å². The zero-order valence-corrected chi connectivity index (χ0v) is 20.6. The second-order valence-corrected chi connectivity index (χ2v) is 10.3. The third-order valence-corrected chi connectivity index (χ3v) is 8.50. The molecule has 2 atom stereocenters. The van der Waals surface area contributed by atoms with Gasteiger partial charge in [-0.2, -0.15) is 0 Å². The molecule has 164 valence electrons. The fourth-order valence-corrected chi connectivity index (χ4v) is 5.88. The Kier molecular flexibility index (Phi) is 8.84. The molecule has 2 saturated carbocycles. The van der Waals surface area contributed by atoms with Gasteiger partial charge in [0.1, 0.15) is 0 Å². The lowest BCUT2D eigenvalue weighted by atomic mass is 9.51. The van der Waals surface area contributed by atoms with Crippen molar-refractivity contribution < 1.29 is 13.2 Å². The van der Waals surface area contributed by atoms with Crippen molar-refractivity contribution in [2.75, 3.05) is 32.0 Å². The number of rotatable bonds is 7. The summed E-state index contributed by atoms with van der Waals surface area (Å²) in [6, 6.07) is 0.701. The minimum Gasteiger partial charge on any atom is -0.378 e. The average Bonchev–Trinajstić information content (AvgIpc) is 2.60. The molecule has 0 bridgehead atoms. The van der Waals surface area contributed by atoms with Gasteiger partial charge in [-0.3, -0.25) is 4.99 Å². The van der Waals surface area contributed by atoms with Crippen LogP contribution >= 0.6 is 24.0 Å². The topological polar surface area (TPSA) is 83.0 Å². The minimum absolute atomic E-state index is 0. The fourth-order valence-electron chi connectivity index (χ4n) is 4.75. The highest BCUT2D eigenvalue weighted by Crippen LogP contribution is 2.57. The SMILES string of the molecule is CCN=C(NC1CCN(S(=O)(=O)CC)CC1)NC1CC(OCC)C12CCC2.I. The summed E-state index contributed by atoms with van der Waals surface area (Å²) >= 11 is 0. The van der Waals surface area contributed by atoms with E-state index in [1.54, 1.807) is 11.2 Å². The number of guanidine groups is 1. The Labute approximate surface area is 187 Å². The summed E-state index contributed by atoms with van der Waals surface area (Å²) in [6.07, 6.45) is 6.84. The normalized spacial score (nSPS) is 28.2. The maximum Gasteiger partial charge on any atom is 0.213 e. The summed E-state index contributed by atoms with van der Waals surface area (Å²) in [7, 11) is -3.07. The molecule has 0 aromatic heterocycles. The molecule has 2 N–H and O–H groups in total. The minimum atomic E-state index is -3.07. The molecule has 0 aromatic carbocycles. The number of aliphatic imine (C=N–C) groups is 1. The fraction of sp³-hybridized carbons (Fsp3) is 0.947. The van der Waals surface area contributed by atoms with E-state index in [9.17, 15) is 8.42 Å². The Balaban J connectivity index is 0.00000280. The summed E-state index contributed by atoms with van der Waals surface area (Å²) in [5.41, 5.74) is 0.296. The van der Waals surface area contributed by atoms with Gasteiger partial charge in [-0.25, -0.2) is 12.7 Å². The van der Waals surface area contributed by atoms with E-state index in [0.717, 1.165) is 38.4 Å². The van der Waals surface area contributed by atoms with E-state index in [4.69, 9.17) is 4.74 Å². The predicted octanol–water partition coefficient (Wildman–Crippen LogP) is 2.32. The average molecular weight is 529 g/mol. The van der Waals surface area contributed by atoms with Crippen LogP contribution < -0.4 is 10.6 Å². The van der Waals surface area contributed by atoms with Crippen molar-refractivity contribution >= 4 is 40.0 Å². The molecule has 9 heteroatoms. The van der Waals surface area contributed by atoms with Crippen LogP contribution in [0.1, 0.15) is 59.3 Å². The van der Waals surface area contributed by atoms with Crippen LogP contribution in [-0.2, 0) is 14.8 Å². The van der Waals surface area contributed by atoms with Gasteiger partial charge in [0.15, 0.2) is 5.96 Å². The van der Waals surface area contributed by atoms with Gasteiger partial charge in [-0.05, 0) is 52.9 Å². The van der Waals surface area contributed by atoms with Crippen molar-refractivity contribution in [3.05, 3.63) is 0 Å². The Morgan fingerprint density at radius 3 is 2.36 bits per heavy atom. The van der Waals surface area contributed by atoms with Crippen molar-refractivity contribution in [2.45, 2.75) is 77.5 Å². The predicted molar refractivity (Wildman–Crippen MR) is 124 cm³/mol. The van der Waals surface area contributed by atoms with Gasteiger partial charge in [-0.1, -0.05) is 6.42 Å². The molecule has 0 radical (unpaired) electrons. The van der Waals surface area contributed by atoms with Crippen LogP contribution in [0, 0.1) is 5.41 Å². The zero-order chi connectivity index (χ0) is 19.5. The molecule has 1 spiro atoms. The van der Waals surface area contributed by atoms with E-state index in [0.29, 0.717) is 30.7 Å². The van der Waals surface area contributed by atoms with Crippen LogP contribution in [0.4, 0.5) is 0 Å². The van der Waals surface area contributed by atoms with Gasteiger partial charge in [-0.15, -0.1) is 24.0 Å². The second kappa shape index (κ2) is 10.3. The quantitative estimate of drug-likeness (QED) is 0.301. The van der Waals surface area contributed by atoms with E-state index in [-0.39, 0.29) is 35.8 Å². The highest BCUT2D eigenvalue weighted by molar-refractivity contribution is 14.0. The molecule has 2 aliphatic carbocycles. The molecule has 3 rings (SSSR count). The second-order valence-electron chi connectivity index (χ2n) is 8.00. The molecule has 3 fully saturated rings. The van der Waals surface area contributed by atoms with Gasteiger partial charge < -0.3 is 15.4 Å². The van der Waals surface area contributed by atoms with Crippen molar-refractivity contribution in [3.63, 3.8) is 0 Å². The van der Waals surface area contributed by atoms with Crippen LogP contribution in [0.5, 0.6) is 0 Å². The summed E-state index contributed by atoms with van der Waals surface area (Å²) in [6.45, 7) is 8.52. The molecule has 0 amide bonds. The van der Waals surface area contributed by atoms with Crippen LogP contribution in [0.3, 0.4) is 0 Å². The van der Waals surface area contributed by atoms with Crippen molar-refractivity contribution in [3.8, 4) is 0 Å². The molecular weight excluding hydrogens is 491 g/mol. The Morgan fingerprint density at radius 1 is 1.18 bits per heavy atom. The van der Waals surface area contributed by atoms with E-state index in [2.05, 4.69) is 22.5 Å². The highest BCUT2D eigenvalue weighted by Gasteiger charge is 2.59. The lowest BCUT2D eigenvalue weighted by Gasteiger charge is -2.61. The lowest BCUT2D eigenvalue weighted by Crippen LogP contribution is -2.69. The number of sulfonamides is 1. The number of hydrogen-bond donors (Lipinski definition) is 2. The third kappa shape index (κ3) is 4.95. The molecule has 0 aromatic rings. The summed E-state index contributed by atoms with van der Waals surface area (Å²) in [5.74, 6) is 1.06. The number of halogens is 1. The Morgan fingerprint density at radius 2 is 1.86 bits per heavy atom. The first-order chi connectivity index (χ1) is 12.9. The summed E-state index contributed by atoms with van der Waals surface area (Å²) in [5, 5.41) is 7.22. The number of ether oxygens (including phenoxy) is 1. The Hall–Kier alpha value is -0.130. The van der Waals surface area contributed by atoms with E-state index in [1.165, 1.54) is 19.3 Å². The van der Waals surface area contributed by atoms with Crippen molar-refractivity contribution in [1.82, 2.24) is 14.9 Å². The molecule has 3 aliphatic rings. The highest BCUT2D eigenvalue weighted by atomic mass is 127. The van der Waals surface area contributed by atoms with Crippen LogP contribution in [0.15, 0.2) is 4.99 Å². The summed E-state index contributed by atoms with van der Waals surface area (Å²) in [4.78, 5) is 4.64. The number of hydrogen-bond acceptors (Lipinski definition) is 4.